The van der Waals surface area contributed by atoms with E-state index in [2.05, 4.69) is 25.8 Å². The number of aromatic nitrogens is 5. The van der Waals surface area contributed by atoms with Crippen molar-refractivity contribution in [1.29, 1.82) is 0 Å². The fourth-order valence-corrected chi connectivity index (χ4v) is 4.68. The van der Waals surface area contributed by atoms with Crippen LogP contribution in [0.4, 0.5) is 5.69 Å². The largest absolute Gasteiger partial charge is 0.496 e. The highest BCUT2D eigenvalue weighted by Gasteiger charge is 2.18. The van der Waals surface area contributed by atoms with Gasteiger partial charge in [0.1, 0.15) is 12.1 Å². The number of carbonyl (C=O) groups is 1. The Labute approximate surface area is 185 Å². The number of tetrazole rings is 1. The van der Waals surface area contributed by atoms with Crippen LogP contribution in [0.1, 0.15) is 16.1 Å². The summed E-state index contributed by atoms with van der Waals surface area (Å²) in [7, 11) is 1.48. The summed E-state index contributed by atoms with van der Waals surface area (Å²) in [6.07, 6.45) is 1.41. The zero-order valence-corrected chi connectivity index (χ0v) is 18.3. The molecule has 0 aliphatic carbocycles. The number of rotatable bonds is 6. The molecule has 2 aromatic heterocycles. The summed E-state index contributed by atoms with van der Waals surface area (Å²) in [6, 6.07) is 10.7. The molecule has 4 aromatic rings. The number of carbonyl (C=O) groups excluding carboxylic acids is 1. The van der Waals surface area contributed by atoms with Crippen LogP contribution in [0.3, 0.4) is 0 Å². The van der Waals surface area contributed by atoms with Crippen molar-refractivity contribution >= 4 is 46.3 Å². The highest BCUT2D eigenvalue weighted by atomic mass is 35.5. The first kappa shape index (κ1) is 20.3. The molecule has 0 saturated heterocycles. The Hall–Kier alpha value is -2.95. The molecule has 0 bridgehead atoms. The Morgan fingerprint density at radius 2 is 2.07 bits per heavy atom. The predicted octanol–water partition coefficient (Wildman–Crippen LogP) is 4.49. The molecule has 0 unspecified atom stereocenters. The number of nitrogens with one attached hydrogen (secondary N) is 1. The summed E-state index contributed by atoms with van der Waals surface area (Å²) in [5.74, 6) is 0.0154. The van der Waals surface area contributed by atoms with Crippen LogP contribution in [0.25, 0.3) is 5.69 Å². The quantitative estimate of drug-likeness (QED) is 0.454. The van der Waals surface area contributed by atoms with Gasteiger partial charge < -0.3 is 10.1 Å². The van der Waals surface area contributed by atoms with Crippen molar-refractivity contribution in [3.63, 3.8) is 0 Å². The second-order valence-electron chi connectivity index (χ2n) is 6.09. The van der Waals surface area contributed by atoms with Gasteiger partial charge in [-0.2, -0.15) is 4.68 Å². The third kappa shape index (κ3) is 4.45. The van der Waals surface area contributed by atoms with Gasteiger partial charge in [0.25, 0.3) is 5.91 Å². The van der Waals surface area contributed by atoms with E-state index in [-0.39, 0.29) is 5.91 Å². The molecule has 11 heteroatoms. The van der Waals surface area contributed by atoms with Gasteiger partial charge in [-0.15, -0.1) is 16.4 Å². The van der Waals surface area contributed by atoms with Crippen molar-refractivity contribution in [2.75, 3.05) is 12.4 Å². The van der Waals surface area contributed by atoms with Crippen molar-refractivity contribution in [3.05, 3.63) is 64.4 Å². The van der Waals surface area contributed by atoms with Crippen LogP contribution in [-0.2, 0) is 0 Å². The van der Waals surface area contributed by atoms with Crippen LogP contribution in [0.15, 0.2) is 57.3 Å². The van der Waals surface area contributed by atoms with E-state index in [0.29, 0.717) is 27.7 Å². The van der Waals surface area contributed by atoms with Gasteiger partial charge in [-0.05, 0) is 47.7 Å². The first-order chi connectivity index (χ1) is 14.5. The molecule has 1 amide bonds. The average Bonchev–Trinajstić information content (AvgIpc) is 3.41. The van der Waals surface area contributed by atoms with Gasteiger partial charge in [0.05, 0.1) is 23.4 Å². The maximum atomic E-state index is 12.8. The van der Waals surface area contributed by atoms with Crippen molar-refractivity contribution in [1.82, 2.24) is 25.2 Å². The summed E-state index contributed by atoms with van der Waals surface area (Å²) in [5, 5.41) is 16.2. The Bertz CT molecular complexity index is 1180. The molecule has 0 atom stereocenters. The van der Waals surface area contributed by atoms with Crippen LogP contribution >= 0.6 is 34.7 Å². The number of halogens is 1. The number of methoxy groups -OCH3 is 1. The van der Waals surface area contributed by atoms with E-state index < -0.39 is 0 Å². The lowest BCUT2D eigenvalue weighted by Crippen LogP contribution is -2.14. The minimum absolute atomic E-state index is 0.302. The van der Waals surface area contributed by atoms with E-state index in [9.17, 15) is 4.79 Å². The number of benzene rings is 2. The molecule has 0 aliphatic rings. The summed E-state index contributed by atoms with van der Waals surface area (Å²) in [6.45, 7) is 1.97. The molecule has 0 fully saturated rings. The molecule has 0 saturated carbocycles. The highest BCUT2D eigenvalue weighted by molar-refractivity contribution is 8.01. The van der Waals surface area contributed by atoms with Crippen molar-refractivity contribution < 1.29 is 9.53 Å². The average molecular weight is 459 g/mol. The van der Waals surface area contributed by atoms with Crippen LogP contribution in [0.2, 0.25) is 5.02 Å². The second-order valence-corrected chi connectivity index (χ2v) is 8.68. The summed E-state index contributed by atoms with van der Waals surface area (Å²) >= 11 is 9.52. The fraction of sp³-hybridized carbons (Fsp3) is 0.105. The molecule has 1 N–H and O–H groups in total. The number of amides is 1. The maximum Gasteiger partial charge on any atom is 0.259 e. The predicted molar refractivity (Wildman–Crippen MR) is 116 cm³/mol. The van der Waals surface area contributed by atoms with Gasteiger partial charge in [0.15, 0.2) is 4.34 Å². The lowest BCUT2D eigenvalue weighted by Gasteiger charge is -2.12. The fourth-order valence-electron chi connectivity index (χ4n) is 2.62. The number of nitrogens with zero attached hydrogens (tertiary/aromatic N) is 5. The molecule has 8 nitrogen and oxygen atoms in total. The molecule has 2 heterocycles. The highest BCUT2D eigenvalue weighted by Crippen LogP contribution is 2.32. The Kier molecular flexibility index (Phi) is 5.98. The van der Waals surface area contributed by atoms with E-state index in [1.54, 1.807) is 29.2 Å². The van der Waals surface area contributed by atoms with Crippen LogP contribution < -0.4 is 10.1 Å². The number of hydrogen-bond donors (Lipinski definition) is 1. The Balaban J connectivity index is 1.51. The molecule has 0 aliphatic heterocycles. The molecular weight excluding hydrogens is 444 g/mol. The molecular formula is C19H15ClN6O2S2. The molecule has 0 spiro atoms. The molecule has 4 rings (SSSR count). The van der Waals surface area contributed by atoms with E-state index >= 15 is 0 Å². The zero-order valence-electron chi connectivity index (χ0n) is 15.9. The Morgan fingerprint density at radius 1 is 1.27 bits per heavy atom. The van der Waals surface area contributed by atoms with Crippen molar-refractivity contribution in [2.24, 2.45) is 0 Å². The minimum atomic E-state index is -0.340. The number of aryl methyl sites for hydroxylation is 1. The number of hydrogen-bond acceptors (Lipinski definition) is 8. The lowest BCUT2D eigenvalue weighted by molar-refractivity contribution is 0.102. The summed E-state index contributed by atoms with van der Waals surface area (Å²) in [4.78, 5) is 18.3. The number of ether oxygens (including phenoxy) is 1. The van der Waals surface area contributed by atoms with E-state index in [1.807, 2.05) is 36.6 Å². The smallest absolute Gasteiger partial charge is 0.259 e. The van der Waals surface area contributed by atoms with Gasteiger partial charge in [-0.1, -0.05) is 23.4 Å². The third-order valence-electron chi connectivity index (χ3n) is 4.02. The van der Waals surface area contributed by atoms with Gasteiger partial charge >= 0.3 is 0 Å². The van der Waals surface area contributed by atoms with E-state index in [1.165, 1.54) is 24.2 Å². The van der Waals surface area contributed by atoms with Gasteiger partial charge in [-0.3, -0.25) is 4.79 Å². The van der Waals surface area contributed by atoms with Gasteiger partial charge in [0, 0.05) is 27.7 Å². The zero-order chi connectivity index (χ0) is 21.1. The van der Waals surface area contributed by atoms with Crippen molar-refractivity contribution in [3.8, 4) is 11.4 Å². The Morgan fingerprint density at radius 3 is 2.70 bits per heavy atom. The molecule has 0 radical (unpaired) electrons. The van der Waals surface area contributed by atoms with Crippen molar-refractivity contribution in [2.45, 2.75) is 16.2 Å². The monoisotopic (exact) mass is 458 g/mol. The van der Waals surface area contributed by atoms with E-state index in [4.69, 9.17) is 16.3 Å². The third-order valence-corrected chi connectivity index (χ3v) is 6.39. The molecule has 2 aromatic carbocycles. The number of thiazole rings is 1. The summed E-state index contributed by atoms with van der Waals surface area (Å²) in [5.41, 5.74) is 2.47. The minimum Gasteiger partial charge on any atom is -0.496 e. The first-order valence-corrected chi connectivity index (χ1v) is 10.7. The standard InChI is InChI=1S/C19H15ClN6O2S2/c1-11-9-29-19(22-11)30-13-5-3-12(4-6-13)23-18(27)14-7-15(20)16(8-17(14)28-2)26-10-21-24-25-26/h3-10H,1-2H3,(H,23,27). The van der Waals surface area contributed by atoms with Gasteiger partial charge in [0.2, 0.25) is 0 Å². The van der Waals surface area contributed by atoms with Crippen LogP contribution in [0.5, 0.6) is 5.75 Å². The van der Waals surface area contributed by atoms with Crippen LogP contribution in [0, 0.1) is 6.92 Å². The lowest BCUT2D eigenvalue weighted by atomic mass is 10.1. The SMILES string of the molecule is COc1cc(-n2cnnn2)c(Cl)cc1C(=O)Nc1ccc(Sc2nc(C)cs2)cc1. The second kappa shape index (κ2) is 8.82. The molecule has 30 heavy (non-hydrogen) atoms. The normalized spacial score (nSPS) is 10.8. The van der Waals surface area contributed by atoms with E-state index in [0.717, 1.165) is 14.9 Å². The van der Waals surface area contributed by atoms with Crippen LogP contribution in [-0.4, -0.2) is 38.2 Å². The number of anilines is 1. The maximum absolute atomic E-state index is 12.8. The van der Waals surface area contributed by atoms with Gasteiger partial charge in [-0.25, -0.2) is 4.98 Å². The topological polar surface area (TPSA) is 94.8 Å². The molecule has 152 valence electrons. The first-order valence-electron chi connectivity index (χ1n) is 8.66. The summed E-state index contributed by atoms with van der Waals surface area (Å²) < 4.78 is 7.75.